The van der Waals surface area contributed by atoms with Crippen molar-refractivity contribution < 1.29 is 13.2 Å². The Kier molecular flexibility index (Phi) is 8.01. The fourth-order valence-corrected chi connectivity index (χ4v) is 2.85. The Hall–Kier alpha value is -0.670. The van der Waals surface area contributed by atoms with E-state index in [0.29, 0.717) is 0 Å². The zero-order valence-electron chi connectivity index (χ0n) is 12.7. The molecule has 1 aromatic carbocycles. The number of nitrogens with zero attached hydrogens (tertiary/aromatic N) is 1. The summed E-state index contributed by atoms with van der Waals surface area (Å²) < 4.78 is 26.4. The van der Waals surface area contributed by atoms with Crippen LogP contribution in [0.15, 0.2) is 33.6 Å². The van der Waals surface area contributed by atoms with E-state index in [1.807, 2.05) is 0 Å². The summed E-state index contributed by atoms with van der Waals surface area (Å²) in [5, 5.41) is 2.61. The number of rotatable bonds is 6. The van der Waals surface area contributed by atoms with Crippen LogP contribution in [0, 0.1) is 0 Å². The number of carbonyl (C=O) groups is 1. The quantitative estimate of drug-likeness (QED) is 0.735. The Bertz CT molecular complexity index is 600. The molecule has 22 heavy (non-hydrogen) atoms. The van der Waals surface area contributed by atoms with Gasteiger partial charge in [-0.15, -0.1) is 12.4 Å². The molecule has 126 valence electrons. The summed E-state index contributed by atoms with van der Waals surface area (Å²) in [6.45, 7) is 3.57. The molecule has 0 aromatic heterocycles. The number of benzene rings is 1. The van der Waals surface area contributed by atoms with Gasteiger partial charge in [0.15, 0.2) is 0 Å². The van der Waals surface area contributed by atoms with Gasteiger partial charge in [0.25, 0.3) is 0 Å². The van der Waals surface area contributed by atoms with Crippen LogP contribution in [0.2, 0.25) is 0 Å². The molecule has 0 fully saturated rings. The number of nitrogens with one attached hydrogen (secondary N) is 1. The second-order valence-corrected chi connectivity index (χ2v) is 8.44. The van der Waals surface area contributed by atoms with Gasteiger partial charge in [-0.25, -0.2) is 8.42 Å². The van der Waals surface area contributed by atoms with Crippen LogP contribution < -0.4 is 11.1 Å². The van der Waals surface area contributed by atoms with Crippen molar-refractivity contribution in [2.75, 3.05) is 20.1 Å². The van der Waals surface area contributed by atoms with Gasteiger partial charge in [0, 0.05) is 23.6 Å². The Labute approximate surface area is 146 Å². The van der Waals surface area contributed by atoms with E-state index >= 15 is 0 Å². The topological polar surface area (TPSA) is 92.5 Å². The van der Waals surface area contributed by atoms with Crippen LogP contribution >= 0.6 is 28.3 Å². The number of nitrogens with two attached hydrogens (primary N) is 1. The molecule has 1 rings (SSSR count). The van der Waals surface area contributed by atoms with Gasteiger partial charge in [0.05, 0.1) is 11.4 Å². The van der Waals surface area contributed by atoms with Crippen LogP contribution in [0.1, 0.15) is 13.8 Å². The molecular formula is C13H21BrClN3O3S. The Morgan fingerprint density at radius 3 is 2.27 bits per heavy atom. The normalized spacial score (nSPS) is 11.9. The molecule has 0 saturated carbocycles. The van der Waals surface area contributed by atoms with Crippen LogP contribution in [0.4, 0.5) is 0 Å². The first-order valence-electron chi connectivity index (χ1n) is 6.30. The molecule has 9 heteroatoms. The third kappa shape index (κ3) is 6.62. The molecule has 0 aliphatic carbocycles. The van der Waals surface area contributed by atoms with Crippen LogP contribution in [0.25, 0.3) is 0 Å². The summed E-state index contributed by atoms with van der Waals surface area (Å²) in [4.78, 5) is 11.9. The third-order valence-corrected chi connectivity index (χ3v) is 4.98. The number of halogens is 2. The van der Waals surface area contributed by atoms with E-state index in [1.54, 1.807) is 26.0 Å². The van der Waals surface area contributed by atoms with Crippen molar-refractivity contribution in [3.8, 4) is 0 Å². The highest BCUT2D eigenvalue weighted by molar-refractivity contribution is 9.10. The maximum atomic E-state index is 12.3. The minimum absolute atomic E-state index is 0. The van der Waals surface area contributed by atoms with E-state index < -0.39 is 21.5 Å². The van der Waals surface area contributed by atoms with Gasteiger partial charge in [0.2, 0.25) is 15.9 Å². The van der Waals surface area contributed by atoms with Gasteiger partial charge in [-0.1, -0.05) is 15.9 Å². The summed E-state index contributed by atoms with van der Waals surface area (Å²) in [5.74, 6) is -0.392. The number of likely N-dealkylation sites (N-methyl/N-ethyl adjacent to an activating group) is 1. The number of hydrogen-bond donors (Lipinski definition) is 2. The first-order chi connectivity index (χ1) is 9.52. The number of amides is 1. The molecule has 6 nitrogen and oxygen atoms in total. The van der Waals surface area contributed by atoms with Crippen molar-refractivity contribution in [2.24, 2.45) is 5.73 Å². The van der Waals surface area contributed by atoms with Gasteiger partial charge in [-0.2, -0.15) is 4.31 Å². The van der Waals surface area contributed by atoms with Gasteiger partial charge >= 0.3 is 0 Å². The predicted molar refractivity (Wildman–Crippen MR) is 92.5 cm³/mol. The van der Waals surface area contributed by atoms with Crippen molar-refractivity contribution in [1.82, 2.24) is 9.62 Å². The van der Waals surface area contributed by atoms with Crippen molar-refractivity contribution in [1.29, 1.82) is 0 Å². The molecule has 0 radical (unpaired) electrons. The number of hydrogen-bond acceptors (Lipinski definition) is 4. The van der Waals surface area contributed by atoms with Crippen molar-refractivity contribution >= 4 is 44.3 Å². The minimum Gasteiger partial charge on any atom is -0.353 e. The van der Waals surface area contributed by atoms with Crippen molar-refractivity contribution in [3.05, 3.63) is 28.7 Å². The lowest BCUT2D eigenvalue weighted by Crippen LogP contribution is -2.47. The number of sulfonamides is 1. The first-order valence-corrected chi connectivity index (χ1v) is 8.53. The van der Waals surface area contributed by atoms with E-state index in [0.717, 1.165) is 8.78 Å². The van der Waals surface area contributed by atoms with Crippen LogP contribution in [0.5, 0.6) is 0 Å². The van der Waals surface area contributed by atoms with Gasteiger partial charge < -0.3 is 11.1 Å². The molecule has 0 aliphatic heterocycles. The molecule has 1 aromatic rings. The Morgan fingerprint density at radius 2 is 1.82 bits per heavy atom. The summed E-state index contributed by atoms with van der Waals surface area (Å²) >= 11 is 3.24. The zero-order chi connectivity index (χ0) is 16.3. The maximum Gasteiger partial charge on any atom is 0.243 e. The molecule has 0 unspecified atom stereocenters. The van der Waals surface area contributed by atoms with Crippen LogP contribution in [-0.4, -0.2) is 44.3 Å². The standard InChI is InChI=1S/C13H20BrN3O3S.ClH/c1-13(2,15)9-16-12(18)8-17(3)21(19,20)11-6-4-10(14)5-7-11;/h4-7H,8-9,15H2,1-3H3,(H,16,18);1H. The molecule has 0 saturated heterocycles. The fraction of sp³-hybridized carbons (Fsp3) is 0.462. The van der Waals surface area contributed by atoms with Crippen molar-refractivity contribution in [2.45, 2.75) is 24.3 Å². The van der Waals surface area contributed by atoms with E-state index in [-0.39, 0.29) is 30.4 Å². The smallest absolute Gasteiger partial charge is 0.243 e. The third-order valence-electron chi connectivity index (χ3n) is 2.63. The number of carbonyl (C=O) groups excluding carboxylic acids is 1. The molecule has 3 N–H and O–H groups in total. The fourth-order valence-electron chi connectivity index (χ4n) is 1.46. The van der Waals surface area contributed by atoms with E-state index in [9.17, 15) is 13.2 Å². The van der Waals surface area contributed by atoms with E-state index in [1.165, 1.54) is 19.2 Å². The zero-order valence-corrected chi connectivity index (χ0v) is 15.9. The maximum absolute atomic E-state index is 12.3. The monoisotopic (exact) mass is 413 g/mol. The largest absolute Gasteiger partial charge is 0.353 e. The highest BCUT2D eigenvalue weighted by atomic mass is 79.9. The summed E-state index contributed by atoms with van der Waals surface area (Å²) in [7, 11) is -2.32. The van der Waals surface area contributed by atoms with E-state index in [4.69, 9.17) is 5.73 Å². The van der Waals surface area contributed by atoms with E-state index in [2.05, 4.69) is 21.2 Å². The van der Waals surface area contributed by atoms with Crippen LogP contribution in [-0.2, 0) is 14.8 Å². The molecular weight excluding hydrogens is 394 g/mol. The van der Waals surface area contributed by atoms with Crippen LogP contribution in [0.3, 0.4) is 0 Å². The Morgan fingerprint density at radius 1 is 1.32 bits per heavy atom. The van der Waals surface area contributed by atoms with Crippen molar-refractivity contribution in [3.63, 3.8) is 0 Å². The lowest BCUT2D eigenvalue weighted by molar-refractivity contribution is -0.121. The SMILES string of the molecule is CN(CC(=O)NCC(C)(C)N)S(=O)(=O)c1ccc(Br)cc1.Cl. The second kappa shape index (κ2) is 8.26. The molecule has 1 amide bonds. The highest BCUT2D eigenvalue weighted by Gasteiger charge is 2.23. The summed E-state index contributed by atoms with van der Waals surface area (Å²) in [6, 6.07) is 6.24. The van der Waals surface area contributed by atoms with Gasteiger partial charge in [0.1, 0.15) is 0 Å². The lowest BCUT2D eigenvalue weighted by atomic mass is 10.1. The predicted octanol–water partition coefficient (Wildman–Crippen LogP) is 1.34. The summed E-state index contributed by atoms with van der Waals surface area (Å²) in [6.07, 6.45) is 0. The van der Waals surface area contributed by atoms with Gasteiger partial charge in [-0.05, 0) is 38.1 Å². The summed E-state index contributed by atoms with van der Waals surface area (Å²) in [5.41, 5.74) is 5.21. The second-order valence-electron chi connectivity index (χ2n) is 5.48. The average Bonchev–Trinajstić information content (AvgIpc) is 2.36. The molecule has 0 spiro atoms. The average molecular weight is 415 g/mol. The minimum atomic E-state index is -3.68. The molecule has 0 heterocycles. The Balaban J connectivity index is 0.00000441. The molecule has 0 bridgehead atoms. The molecule has 0 atom stereocenters. The molecule has 0 aliphatic rings. The lowest BCUT2D eigenvalue weighted by Gasteiger charge is -2.21. The van der Waals surface area contributed by atoms with Gasteiger partial charge in [-0.3, -0.25) is 4.79 Å². The first kappa shape index (κ1) is 21.3. The highest BCUT2D eigenvalue weighted by Crippen LogP contribution is 2.17.